The van der Waals surface area contributed by atoms with Crippen LogP contribution in [0.3, 0.4) is 0 Å². The van der Waals surface area contributed by atoms with Gasteiger partial charge in [0.25, 0.3) is 0 Å². The third-order valence-electron chi connectivity index (χ3n) is 2.10. The van der Waals surface area contributed by atoms with Crippen molar-refractivity contribution in [2.24, 2.45) is 5.84 Å². The average Bonchev–Trinajstić information content (AvgIpc) is 2.31. The first-order valence-corrected chi connectivity index (χ1v) is 5.09. The van der Waals surface area contributed by atoms with E-state index in [1.54, 1.807) is 0 Å². The summed E-state index contributed by atoms with van der Waals surface area (Å²) in [7, 11) is 0. The second-order valence-electron chi connectivity index (χ2n) is 3.25. The summed E-state index contributed by atoms with van der Waals surface area (Å²) in [5, 5.41) is 8.86. The summed E-state index contributed by atoms with van der Waals surface area (Å²) in [6, 6.07) is 7.42. The number of hydrogen-bond donors (Lipinski definition) is 3. The quantitative estimate of drug-likeness (QED) is 0.360. The lowest BCUT2D eigenvalue weighted by Gasteiger charge is -2.10. The van der Waals surface area contributed by atoms with Gasteiger partial charge in [-0.2, -0.15) is 0 Å². The minimum atomic E-state index is -0.264. The van der Waals surface area contributed by atoms with E-state index in [0.717, 1.165) is 5.56 Å². The fourth-order valence-corrected chi connectivity index (χ4v) is 1.30. The molecule has 88 valence electrons. The Labute approximate surface area is 94.2 Å². The Kier molecular flexibility index (Phi) is 5.31. The molecule has 0 aromatic heterocycles. The lowest BCUT2D eigenvalue weighted by atomic mass is 10.1. The van der Waals surface area contributed by atoms with Crippen LogP contribution < -0.4 is 16.0 Å². The number of rotatable bonds is 6. The van der Waals surface area contributed by atoms with Crippen LogP contribution in [0.5, 0.6) is 5.75 Å². The molecule has 16 heavy (non-hydrogen) atoms. The molecule has 1 aromatic carbocycles. The number of aliphatic hydroxyl groups excluding tert-OH is 1. The number of nitrogens with two attached hydrogens (primary N) is 1. The van der Waals surface area contributed by atoms with Crippen LogP contribution in [-0.2, 0) is 11.2 Å². The van der Waals surface area contributed by atoms with Crippen LogP contribution in [-0.4, -0.2) is 24.2 Å². The number of benzene rings is 1. The summed E-state index contributed by atoms with van der Waals surface area (Å²) in [4.78, 5) is 10.9. The van der Waals surface area contributed by atoms with Crippen molar-refractivity contribution in [3.05, 3.63) is 29.8 Å². The van der Waals surface area contributed by atoms with Gasteiger partial charge in [-0.05, 0) is 18.1 Å². The predicted molar refractivity (Wildman–Crippen MR) is 59.7 cm³/mol. The molecule has 0 fully saturated rings. The van der Waals surface area contributed by atoms with Crippen molar-refractivity contribution in [3.63, 3.8) is 0 Å². The summed E-state index contributed by atoms with van der Waals surface area (Å²) in [5.74, 6) is 5.37. The van der Waals surface area contributed by atoms with E-state index in [0.29, 0.717) is 12.2 Å². The molecule has 0 aliphatic heterocycles. The van der Waals surface area contributed by atoms with Gasteiger partial charge >= 0.3 is 0 Å². The Morgan fingerprint density at radius 3 is 2.88 bits per heavy atom. The molecular formula is C11H16N2O3. The maximum atomic E-state index is 10.9. The van der Waals surface area contributed by atoms with Crippen molar-refractivity contribution in [1.29, 1.82) is 0 Å². The standard InChI is InChI=1S/C11H16N2O3/c12-13-11(15)6-8-16-10-4-2-1-3-9(10)5-7-14/h1-4,14H,5-8,12H2,(H,13,15). The fourth-order valence-electron chi connectivity index (χ4n) is 1.30. The predicted octanol–water partition coefficient (Wildman–Crippen LogP) is -0.0198. The number of ether oxygens (including phenoxy) is 1. The van der Waals surface area contributed by atoms with Crippen LogP contribution in [0.15, 0.2) is 24.3 Å². The number of hydrogen-bond acceptors (Lipinski definition) is 4. The molecule has 1 aromatic rings. The zero-order chi connectivity index (χ0) is 11.8. The van der Waals surface area contributed by atoms with Gasteiger partial charge in [0, 0.05) is 6.61 Å². The highest BCUT2D eigenvalue weighted by Gasteiger charge is 2.03. The molecule has 0 saturated carbocycles. The molecule has 5 nitrogen and oxygen atoms in total. The number of carbonyl (C=O) groups excluding carboxylic acids is 1. The lowest BCUT2D eigenvalue weighted by molar-refractivity contribution is -0.121. The molecule has 0 aliphatic rings. The molecule has 1 amide bonds. The molecule has 0 saturated heterocycles. The molecule has 0 aliphatic carbocycles. The normalized spacial score (nSPS) is 9.88. The van der Waals surface area contributed by atoms with Gasteiger partial charge in [0.2, 0.25) is 5.91 Å². The highest BCUT2D eigenvalue weighted by atomic mass is 16.5. The van der Waals surface area contributed by atoms with Gasteiger partial charge in [-0.3, -0.25) is 10.2 Å². The minimum Gasteiger partial charge on any atom is -0.493 e. The van der Waals surface area contributed by atoms with Crippen LogP contribution in [0.1, 0.15) is 12.0 Å². The Bertz CT molecular complexity index is 342. The first-order chi connectivity index (χ1) is 7.77. The van der Waals surface area contributed by atoms with Gasteiger partial charge in [-0.25, -0.2) is 5.84 Å². The van der Waals surface area contributed by atoms with Crippen molar-refractivity contribution < 1.29 is 14.6 Å². The van der Waals surface area contributed by atoms with E-state index in [1.807, 2.05) is 29.7 Å². The van der Waals surface area contributed by atoms with Gasteiger partial charge < -0.3 is 9.84 Å². The van der Waals surface area contributed by atoms with Crippen LogP contribution in [0, 0.1) is 0 Å². The molecule has 0 bridgehead atoms. The van der Waals surface area contributed by atoms with Crippen LogP contribution in [0.25, 0.3) is 0 Å². The molecule has 0 heterocycles. The van der Waals surface area contributed by atoms with Crippen LogP contribution in [0.4, 0.5) is 0 Å². The molecule has 0 atom stereocenters. The fraction of sp³-hybridized carbons (Fsp3) is 0.364. The van der Waals surface area contributed by atoms with Gasteiger partial charge in [0.1, 0.15) is 5.75 Å². The second kappa shape index (κ2) is 6.81. The maximum absolute atomic E-state index is 10.9. The first-order valence-electron chi connectivity index (χ1n) is 5.09. The van der Waals surface area contributed by atoms with Crippen molar-refractivity contribution in [3.8, 4) is 5.75 Å². The SMILES string of the molecule is NNC(=O)CCOc1ccccc1CCO. The molecule has 5 heteroatoms. The summed E-state index contributed by atoms with van der Waals surface area (Å²) in [6.07, 6.45) is 0.753. The Morgan fingerprint density at radius 2 is 2.19 bits per heavy atom. The zero-order valence-corrected chi connectivity index (χ0v) is 8.98. The van der Waals surface area contributed by atoms with E-state index in [1.165, 1.54) is 0 Å². The van der Waals surface area contributed by atoms with Gasteiger partial charge in [0.05, 0.1) is 13.0 Å². The van der Waals surface area contributed by atoms with E-state index >= 15 is 0 Å². The number of nitrogens with one attached hydrogen (secondary N) is 1. The first kappa shape index (κ1) is 12.5. The lowest BCUT2D eigenvalue weighted by Crippen LogP contribution is -2.31. The van der Waals surface area contributed by atoms with E-state index in [2.05, 4.69) is 0 Å². The maximum Gasteiger partial charge on any atom is 0.237 e. The van der Waals surface area contributed by atoms with Crippen molar-refractivity contribution in [1.82, 2.24) is 5.43 Å². The Balaban J connectivity index is 2.49. The second-order valence-corrected chi connectivity index (χ2v) is 3.25. The number of para-hydroxylation sites is 1. The van der Waals surface area contributed by atoms with Crippen LogP contribution in [0.2, 0.25) is 0 Å². The number of aliphatic hydroxyl groups is 1. The Morgan fingerprint density at radius 1 is 1.44 bits per heavy atom. The highest BCUT2D eigenvalue weighted by Crippen LogP contribution is 2.18. The van der Waals surface area contributed by atoms with Crippen molar-refractivity contribution in [2.75, 3.05) is 13.2 Å². The van der Waals surface area contributed by atoms with Gasteiger partial charge in [-0.1, -0.05) is 18.2 Å². The number of amides is 1. The molecule has 4 N–H and O–H groups in total. The zero-order valence-electron chi connectivity index (χ0n) is 8.98. The number of carbonyl (C=O) groups is 1. The van der Waals surface area contributed by atoms with E-state index in [-0.39, 0.29) is 25.5 Å². The molecular weight excluding hydrogens is 208 g/mol. The van der Waals surface area contributed by atoms with Crippen molar-refractivity contribution in [2.45, 2.75) is 12.8 Å². The van der Waals surface area contributed by atoms with Gasteiger partial charge in [0.15, 0.2) is 0 Å². The van der Waals surface area contributed by atoms with Crippen LogP contribution >= 0.6 is 0 Å². The van der Waals surface area contributed by atoms with E-state index < -0.39 is 0 Å². The molecule has 0 spiro atoms. The average molecular weight is 224 g/mol. The molecule has 0 unspecified atom stereocenters. The highest BCUT2D eigenvalue weighted by molar-refractivity contribution is 5.75. The van der Waals surface area contributed by atoms with E-state index in [9.17, 15) is 4.79 Å². The summed E-state index contributed by atoms with van der Waals surface area (Å²) >= 11 is 0. The molecule has 1 rings (SSSR count). The van der Waals surface area contributed by atoms with Gasteiger partial charge in [-0.15, -0.1) is 0 Å². The summed E-state index contributed by atoms with van der Waals surface area (Å²) in [6.45, 7) is 0.342. The Hall–Kier alpha value is -1.59. The third-order valence-corrected chi connectivity index (χ3v) is 2.10. The smallest absolute Gasteiger partial charge is 0.237 e. The van der Waals surface area contributed by atoms with E-state index in [4.69, 9.17) is 15.7 Å². The topological polar surface area (TPSA) is 84.6 Å². The monoisotopic (exact) mass is 224 g/mol. The summed E-state index contributed by atoms with van der Waals surface area (Å²) in [5.41, 5.74) is 2.96. The largest absolute Gasteiger partial charge is 0.493 e. The third kappa shape index (κ3) is 3.88. The summed E-state index contributed by atoms with van der Waals surface area (Å²) < 4.78 is 5.43. The minimum absolute atomic E-state index is 0.0731. The molecule has 0 radical (unpaired) electrons. The number of hydrazine groups is 1. The van der Waals surface area contributed by atoms with Crippen molar-refractivity contribution >= 4 is 5.91 Å².